The second-order valence-electron chi connectivity index (χ2n) is 9.01. The van der Waals surface area contributed by atoms with Crippen LogP contribution in [0.2, 0.25) is 0 Å². The third-order valence-electron chi connectivity index (χ3n) is 6.73. The molecule has 1 aromatic carbocycles. The number of rotatable bonds is 4. The van der Waals surface area contributed by atoms with Crippen LogP contribution in [0.25, 0.3) is 0 Å². The zero-order chi connectivity index (χ0) is 19.7. The molecule has 0 radical (unpaired) electrons. The Hall–Kier alpha value is -2.50. The first kappa shape index (κ1) is 17.6. The van der Waals surface area contributed by atoms with E-state index in [9.17, 15) is 13.6 Å². The Morgan fingerprint density at radius 3 is 2.54 bits per heavy atom. The first-order chi connectivity index (χ1) is 13.3. The number of carbonyl (C=O) groups is 1. The molecule has 1 aromatic rings. The maximum atomic E-state index is 13.6. The lowest BCUT2D eigenvalue weighted by Crippen LogP contribution is -2.70. The van der Waals surface area contributed by atoms with Gasteiger partial charge >= 0.3 is 0 Å². The number of benzene rings is 1. The Labute approximate surface area is 163 Å². The van der Waals surface area contributed by atoms with Crippen molar-refractivity contribution in [2.75, 3.05) is 13.1 Å². The SMILES string of the molecule is C=C1C=C(C)N(CC23CC(C(=O)N4N=CCC4c4cc(F)cc(F)c4)(C2)C3)C1. The Morgan fingerprint density at radius 1 is 1.25 bits per heavy atom. The minimum Gasteiger partial charge on any atom is -0.370 e. The molecule has 3 saturated carbocycles. The van der Waals surface area contributed by atoms with Gasteiger partial charge in [0.15, 0.2) is 0 Å². The number of hydrogen-bond donors (Lipinski definition) is 0. The van der Waals surface area contributed by atoms with Crippen molar-refractivity contribution in [3.8, 4) is 0 Å². The molecule has 3 fully saturated rings. The number of hydrogen-bond acceptors (Lipinski definition) is 3. The van der Waals surface area contributed by atoms with E-state index in [-0.39, 0.29) is 16.7 Å². The largest absolute Gasteiger partial charge is 0.370 e. The normalized spacial score (nSPS) is 33.0. The van der Waals surface area contributed by atoms with Crippen LogP contribution in [-0.4, -0.2) is 35.1 Å². The highest BCUT2D eigenvalue weighted by atomic mass is 19.1. The van der Waals surface area contributed by atoms with Crippen molar-refractivity contribution in [1.29, 1.82) is 0 Å². The fourth-order valence-corrected chi connectivity index (χ4v) is 5.68. The molecular weight excluding hydrogens is 360 g/mol. The molecular formula is C22H23F2N3O. The summed E-state index contributed by atoms with van der Waals surface area (Å²) in [6.07, 6.45) is 6.86. The zero-order valence-electron chi connectivity index (χ0n) is 15.9. The van der Waals surface area contributed by atoms with E-state index in [4.69, 9.17) is 0 Å². The molecule has 0 aromatic heterocycles. The van der Waals surface area contributed by atoms with Crippen LogP contribution in [0.4, 0.5) is 8.78 Å². The second-order valence-corrected chi connectivity index (χ2v) is 9.01. The number of nitrogens with zero attached hydrogens (tertiary/aromatic N) is 3. The third-order valence-corrected chi connectivity index (χ3v) is 6.73. The molecule has 1 unspecified atom stereocenters. The van der Waals surface area contributed by atoms with Gasteiger partial charge in [-0.1, -0.05) is 6.58 Å². The van der Waals surface area contributed by atoms with Crippen LogP contribution in [-0.2, 0) is 4.79 Å². The van der Waals surface area contributed by atoms with Gasteiger partial charge in [-0.05, 0) is 60.9 Å². The molecule has 5 aliphatic rings. The van der Waals surface area contributed by atoms with Gasteiger partial charge in [0.25, 0.3) is 0 Å². The van der Waals surface area contributed by atoms with Crippen LogP contribution >= 0.6 is 0 Å². The number of amides is 1. The summed E-state index contributed by atoms with van der Waals surface area (Å²) in [5.74, 6) is -1.26. The monoisotopic (exact) mass is 383 g/mol. The highest BCUT2D eigenvalue weighted by Gasteiger charge is 2.72. The zero-order valence-corrected chi connectivity index (χ0v) is 15.9. The Balaban J connectivity index is 1.27. The summed E-state index contributed by atoms with van der Waals surface area (Å²) in [5.41, 5.74) is 2.69. The van der Waals surface area contributed by atoms with E-state index in [1.165, 1.54) is 22.8 Å². The molecule has 146 valence electrons. The lowest BCUT2D eigenvalue weighted by Gasteiger charge is -2.70. The summed E-state index contributed by atoms with van der Waals surface area (Å²) in [6, 6.07) is 3.01. The molecule has 6 heteroatoms. The number of halogens is 2. The Bertz CT molecular complexity index is 911. The van der Waals surface area contributed by atoms with E-state index in [0.717, 1.165) is 44.0 Å². The second kappa shape index (κ2) is 5.75. The molecule has 2 heterocycles. The van der Waals surface area contributed by atoms with E-state index in [1.807, 2.05) is 0 Å². The van der Waals surface area contributed by atoms with Gasteiger partial charge in [-0.2, -0.15) is 5.10 Å². The van der Waals surface area contributed by atoms with Gasteiger partial charge in [0, 0.05) is 37.5 Å². The average Bonchev–Trinajstić information content (AvgIpc) is 3.14. The van der Waals surface area contributed by atoms with Crippen LogP contribution in [0.1, 0.15) is 44.2 Å². The number of carbonyl (C=O) groups excluding carboxylic acids is 1. The molecule has 1 amide bonds. The lowest BCUT2D eigenvalue weighted by molar-refractivity contribution is -0.221. The maximum absolute atomic E-state index is 13.6. The molecule has 28 heavy (non-hydrogen) atoms. The van der Waals surface area contributed by atoms with Crippen LogP contribution in [0, 0.1) is 22.5 Å². The van der Waals surface area contributed by atoms with Crippen LogP contribution in [0.15, 0.2) is 47.2 Å². The third kappa shape index (κ3) is 2.54. The van der Waals surface area contributed by atoms with E-state index >= 15 is 0 Å². The van der Waals surface area contributed by atoms with Crippen molar-refractivity contribution in [3.05, 3.63) is 59.3 Å². The minimum absolute atomic E-state index is 0.00381. The van der Waals surface area contributed by atoms with Gasteiger partial charge in [0.2, 0.25) is 5.91 Å². The predicted octanol–water partition coefficient (Wildman–Crippen LogP) is 4.17. The maximum Gasteiger partial charge on any atom is 0.249 e. The molecule has 6 rings (SSSR count). The summed E-state index contributed by atoms with van der Waals surface area (Å²) in [4.78, 5) is 15.6. The average molecular weight is 383 g/mol. The summed E-state index contributed by atoms with van der Waals surface area (Å²) in [6.45, 7) is 7.98. The smallest absolute Gasteiger partial charge is 0.249 e. The van der Waals surface area contributed by atoms with Crippen molar-refractivity contribution >= 4 is 12.1 Å². The number of hydrazone groups is 1. The molecule has 2 aliphatic heterocycles. The van der Waals surface area contributed by atoms with Crippen molar-refractivity contribution in [2.24, 2.45) is 15.9 Å². The fourth-order valence-electron chi connectivity index (χ4n) is 5.68. The molecule has 2 bridgehead atoms. The van der Waals surface area contributed by atoms with Crippen molar-refractivity contribution in [3.63, 3.8) is 0 Å². The first-order valence-corrected chi connectivity index (χ1v) is 9.72. The highest BCUT2D eigenvalue weighted by Crippen LogP contribution is 2.74. The Kier molecular flexibility index (Phi) is 3.61. The summed E-state index contributed by atoms with van der Waals surface area (Å²) >= 11 is 0. The fraction of sp³-hybridized carbons (Fsp3) is 0.455. The molecule has 0 spiro atoms. The Morgan fingerprint density at radius 2 is 1.93 bits per heavy atom. The summed E-state index contributed by atoms with van der Waals surface area (Å²) < 4.78 is 27.3. The van der Waals surface area contributed by atoms with Crippen molar-refractivity contribution < 1.29 is 13.6 Å². The minimum atomic E-state index is -0.630. The van der Waals surface area contributed by atoms with E-state index < -0.39 is 17.7 Å². The topological polar surface area (TPSA) is 35.9 Å². The van der Waals surface area contributed by atoms with Gasteiger partial charge in [-0.3, -0.25) is 4.79 Å². The molecule has 0 N–H and O–H groups in total. The molecule has 0 saturated heterocycles. The summed E-state index contributed by atoms with van der Waals surface area (Å²) in [5, 5.41) is 5.71. The van der Waals surface area contributed by atoms with Gasteiger partial charge in [0.05, 0.1) is 11.5 Å². The van der Waals surface area contributed by atoms with E-state index in [0.29, 0.717) is 12.0 Å². The molecule has 1 atom stereocenters. The van der Waals surface area contributed by atoms with Gasteiger partial charge in [-0.25, -0.2) is 13.8 Å². The molecule has 3 aliphatic carbocycles. The standard InChI is InChI=1S/C22H23F2N3O/c1-14-5-15(2)26(9-14)13-21-10-22(11-21,12-21)20(28)27-19(3-4-25-27)16-6-17(23)8-18(24)7-16/h4-8,19H,1,3,9-13H2,2H3. The van der Waals surface area contributed by atoms with E-state index in [2.05, 4.69) is 29.6 Å². The predicted molar refractivity (Wildman–Crippen MR) is 102 cm³/mol. The number of allylic oxidation sites excluding steroid dienone is 1. The molecule has 4 nitrogen and oxygen atoms in total. The van der Waals surface area contributed by atoms with Gasteiger partial charge in [0.1, 0.15) is 11.6 Å². The van der Waals surface area contributed by atoms with Gasteiger partial charge < -0.3 is 4.90 Å². The van der Waals surface area contributed by atoms with Crippen molar-refractivity contribution in [2.45, 2.75) is 38.6 Å². The quantitative estimate of drug-likeness (QED) is 0.782. The highest BCUT2D eigenvalue weighted by molar-refractivity contribution is 5.88. The van der Waals surface area contributed by atoms with Crippen molar-refractivity contribution in [1.82, 2.24) is 9.91 Å². The lowest BCUT2D eigenvalue weighted by atomic mass is 9.34. The van der Waals surface area contributed by atoms with Crippen LogP contribution in [0.5, 0.6) is 0 Å². The summed E-state index contributed by atoms with van der Waals surface area (Å²) in [7, 11) is 0. The van der Waals surface area contributed by atoms with Crippen LogP contribution in [0.3, 0.4) is 0 Å². The first-order valence-electron chi connectivity index (χ1n) is 9.72. The van der Waals surface area contributed by atoms with Gasteiger partial charge in [-0.15, -0.1) is 0 Å². The van der Waals surface area contributed by atoms with E-state index in [1.54, 1.807) is 6.21 Å². The van der Waals surface area contributed by atoms with Crippen LogP contribution < -0.4 is 0 Å².